The van der Waals surface area contributed by atoms with E-state index in [2.05, 4.69) is 6.58 Å². The minimum Gasteiger partial charge on any atom is -0.495 e. The second-order valence-corrected chi connectivity index (χ2v) is 6.01. The van der Waals surface area contributed by atoms with E-state index in [1.807, 2.05) is 0 Å². The summed E-state index contributed by atoms with van der Waals surface area (Å²) in [5.74, 6) is -0.582. The molecule has 0 aliphatic rings. The maximum absolute atomic E-state index is 11.8. The Morgan fingerprint density at radius 3 is 2.43 bits per heavy atom. The first-order chi connectivity index (χ1) is 10.5. The molecule has 0 radical (unpaired) electrons. The molecule has 0 aliphatic heterocycles. The summed E-state index contributed by atoms with van der Waals surface area (Å²) < 4.78 is 15.3. The molecule has 0 aromatic heterocycles. The number of nitro benzene ring substituents is 1. The summed E-state index contributed by atoms with van der Waals surface area (Å²) in [6.45, 7) is 8.44. The summed E-state index contributed by atoms with van der Waals surface area (Å²) in [4.78, 5) is 22.2. The Kier molecular flexibility index (Phi) is 5.98. The van der Waals surface area contributed by atoms with Gasteiger partial charge in [-0.3, -0.25) is 10.1 Å². The number of methoxy groups -OCH3 is 1. The standard InChI is InChI=1S/C15H18ClNO6/c1-9(14(18)23-15(2,3)4)8-22-13-6-10(16)12(21-5)7-11(13)17(19)20/h6-7H,1,8H2,2-5H3. The lowest BCUT2D eigenvalue weighted by molar-refractivity contribution is -0.385. The van der Waals surface area contributed by atoms with Crippen LogP contribution in [-0.4, -0.2) is 30.2 Å². The molecular formula is C15H18ClNO6. The van der Waals surface area contributed by atoms with Gasteiger partial charge in [-0.15, -0.1) is 0 Å². The highest BCUT2D eigenvalue weighted by molar-refractivity contribution is 6.32. The molecule has 23 heavy (non-hydrogen) atoms. The van der Waals surface area contributed by atoms with Crippen LogP contribution in [0.3, 0.4) is 0 Å². The Bertz CT molecular complexity index is 636. The molecule has 0 bridgehead atoms. The van der Waals surface area contributed by atoms with E-state index in [4.69, 9.17) is 25.8 Å². The minimum absolute atomic E-state index is 0.0289. The maximum atomic E-state index is 11.8. The molecule has 0 aliphatic carbocycles. The molecule has 1 aromatic carbocycles. The van der Waals surface area contributed by atoms with Crippen LogP contribution < -0.4 is 9.47 Å². The smallest absolute Gasteiger partial charge is 0.337 e. The van der Waals surface area contributed by atoms with Crippen LogP contribution in [0.4, 0.5) is 5.69 Å². The molecule has 0 saturated heterocycles. The average Bonchev–Trinajstić information content (AvgIpc) is 2.42. The van der Waals surface area contributed by atoms with Crippen LogP contribution in [0, 0.1) is 10.1 Å². The summed E-state index contributed by atoms with van der Waals surface area (Å²) in [5.41, 5.74) is -0.973. The molecular weight excluding hydrogens is 326 g/mol. The second kappa shape index (κ2) is 7.32. The fraction of sp³-hybridized carbons (Fsp3) is 0.400. The largest absolute Gasteiger partial charge is 0.495 e. The SMILES string of the molecule is C=C(COc1cc(Cl)c(OC)cc1[N+](=O)[O-])C(=O)OC(C)(C)C. The van der Waals surface area contributed by atoms with Crippen molar-refractivity contribution in [3.8, 4) is 11.5 Å². The number of carbonyl (C=O) groups is 1. The molecule has 8 heteroatoms. The minimum atomic E-state index is -0.671. The summed E-state index contributed by atoms with van der Waals surface area (Å²) in [6.07, 6.45) is 0. The Hall–Kier alpha value is -2.28. The molecule has 0 N–H and O–H groups in total. The Balaban J connectivity index is 2.89. The number of nitro groups is 1. The van der Waals surface area contributed by atoms with Crippen molar-refractivity contribution in [2.45, 2.75) is 26.4 Å². The fourth-order valence-corrected chi connectivity index (χ4v) is 1.74. The highest BCUT2D eigenvalue weighted by atomic mass is 35.5. The van der Waals surface area contributed by atoms with Crippen molar-refractivity contribution in [2.24, 2.45) is 0 Å². The van der Waals surface area contributed by atoms with E-state index in [1.165, 1.54) is 13.2 Å². The number of benzene rings is 1. The number of rotatable bonds is 6. The Morgan fingerprint density at radius 2 is 1.96 bits per heavy atom. The number of halogens is 1. The molecule has 0 spiro atoms. The fourth-order valence-electron chi connectivity index (χ4n) is 1.51. The molecule has 0 fully saturated rings. The first-order valence-electron chi connectivity index (χ1n) is 6.61. The van der Waals surface area contributed by atoms with E-state index in [9.17, 15) is 14.9 Å². The second-order valence-electron chi connectivity index (χ2n) is 5.61. The normalized spacial score (nSPS) is 10.8. The molecule has 0 heterocycles. The number of ether oxygens (including phenoxy) is 3. The van der Waals surface area contributed by atoms with Crippen molar-refractivity contribution in [2.75, 3.05) is 13.7 Å². The zero-order chi connectivity index (χ0) is 17.8. The summed E-state index contributed by atoms with van der Waals surface area (Å²) in [6, 6.07) is 2.40. The van der Waals surface area contributed by atoms with Gasteiger partial charge in [0.1, 0.15) is 18.0 Å². The van der Waals surface area contributed by atoms with E-state index in [1.54, 1.807) is 20.8 Å². The van der Waals surface area contributed by atoms with Crippen LogP contribution in [0.15, 0.2) is 24.3 Å². The van der Waals surface area contributed by atoms with Crippen molar-refractivity contribution in [1.29, 1.82) is 0 Å². The zero-order valence-electron chi connectivity index (χ0n) is 13.3. The molecule has 7 nitrogen and oxygen atoms in total. The van der Waals surface area contributed by atoms with Crippen molar-refractivity contribution < 1.29 is 23.9 Å². The van der Waals surface area contributed by atoms with E-state index in [0.29, 0.717) is 0 Å². The molecule has 0 atom stereocenters. The van der Waals surface area contributed by atoms with Crippen LogP contribution >= 0.6 is 11.6 Å². The van der Waals surface area contributed by atoms with E-state index < -0.39 is 16.5 Å². The Labute approximate surface area is 138 Å². The number of esters is 1. The van der Waals surface area contributed by atoms with Crippen molar-refractivity contribution in [1.82, 2.24) is 0 Å². The van der Waals surface area contributed by atoms with Gasteiger partial charge in [-0.1, -0.05) is 18.2 Å². The van der Waals surface area contributed by atoms with Crippen LogP contribution in [0.1, 0.15) is 20.8 Å². The lowest BCUT2D eigenvalue weighted by Crippen LogP contribution is -2.26. The zero-order valence-corrected chi connectivity index (χ0v) is 14.1. The van der Waals surface area contributed by atoms with Gasteiger partial charge >= 0.3 is 11.7 Å². The van der Waals surface area contributed by atoms with Crippen LogP contribution in [0.25, 0.3) is 0 Å². The molecule has 0 unspecified atom stereocenters. The van der Waals surface area contributed by atoms with Crippen LogP contribution in [-0.2, 0) is 9.53 Å². The summed E-state index contributed by atoms with van der Waals surface area (Å²) >= 11 is 5.93. The first-order valence-corrected chi connectivity index (χ1v) is 6.99. The summed E-state index contributed by atoms with van der Waals surface area (Å²) in [5, 5.41) is 11.2. The Morgan fingerprint density at radius 1 is 1.35 bits per heavy atom. The number of nitrogens with zero attached hydrogens (tertiary/aromatic N) is 1. The molecule has 126 valence electrons. The van der Waals surface area contributed by atoms with Gasteiger partial charge in [0.05, 0.1) is 28.7 Å². The van der Waals surface area contributed by atoms with Gasteiger partial charge in [-0.2, -0.15) is 0 Å². The van der Waals surface area contributed by atoms with E-state index in [-0.39, 0.29) is 34.4 Å². The maximum Gasteiger partial charge on any atom is 0.337 e. The number of carbonyl (C=O) groups excluding carboxylic acids is 1. The van der Waals surface area contributed by atoms with Gasteiger partial charge < -0.3 is 14.2 Å². The lowest BCUT2D eigenvalue weighted by Gasteiger charge is -2.20. The molecule has 0 saturated carbocycles. The van der Waals surface area contributed by atoms with Crippen molar-refractivity contribution >= 4 is 23.3 Å². The third kappa shape index (κ3) is 5.45. The lowest BCUT2D eigenvalue weighted by atomic mass is 10.2. The van der Waals surface area contributed by atoms with Gasteiger partial charge in [-0.25, -0.2) is 4.79 Å². The predicted molar refractivity (Wildman–Crippen MR) is 85.1 cm³/mol. The van der Waals surface area contributed by atoms with E-state index in [0.717, 1.165) is 6.07 Å². The van der Waals surface area contributed by atoms with Gasteiger partial charge in [0.2, 0.25) is 0 Å². The predicted octanol–water partition coefficient (Wildman–Crippen LogP) is 3.53. The number of hydrogen-bond donors (Lipinski definition) is 0. The number of hydrogen-bond acceptors (Lipinski definition) is 6. The average molecular weight is 344 g/mol. The molecule has 0 amide bonds. The summed E-state index contributed by atoms with van der Waals surface area (Å²) in [7, 11) is 1.34. The quantitative estimate of drug-likeness (QED) is 0.340. The molecule has 1 aromatic rings. The van der Waals surface area contributed by atoms with Gasteiger partial charge in [0.25, 0.3) is 0 Å². The topological polar surface area (TPSA) is 87.9 Å². The third-order valence-electron chi connectivity index (χ3n) is 2.52. The van der Waals surface area contributed by atoms with Gasteiger partial charge in [-0.05, 0) is 20.8 Å². The van der Waals surface area contributed by atoms with Crippen molar-refractivity contribution in [3.05, 3.63) is 39.4 Å². The third-order valence-corrected chi connectivity index (χ3v) is 2.81. The molecule has 1 rings (SSSR count). The highest BCUT2D eigenvalue weighted by Gasteiger charge is 2.22. The van der Waals surface area contributed by atoms with Crippen molar-refractivity contribution in [3.63, 3.8) is 0 Å². The van der Waals surface area contributed by atoms with Gasteiger partial charge in [0, 0.05) is 6.07 Å². The highest BCUT2D eigenvalue weighted by Crippen LogP contribution is 2.37. The monoisotopic (exact) mass is 343 g/mol. The van der Waals surface area contributed by atoms with Crippen LogP contribution in [0.2, 0.25) is 5.02 Å². The van der Waals surface area contributed by atoms with Gasteiger partial charge in [0.15, 0.2) is 5.75 Å². The van der Waals surface area contributed by atoms with Crippen LogP contribution in [0.5, 0.6) is 11.5 Å². The first kappa shape index (κ1) is 18.8. The van der Waals surface area contributed by atoms with E-state index >= 15 is 0 Å².